The van der Waals surface area contributed by atoms with E-state index in [0.29, 0.717) is 17.2 Å². The zero-order chi connectivity index (χ0) is 21.4. The Balaban J connectivity index is 2.05. The van der Waals surface area contributed by atoms with Crippen molar-refractivity contribution in [3.8, 4) is 34.3 Å². The van der Waals surface area contributed by atoms with Crippen LogP contribution >= 0.6 is 0 Å². The Kier molecular flexibility index (Phi) is 4.59. The number of fused-ring (bicyclic) bond motifs is 1. The van der Waals surface area contributed by atoms with E-state index >= 15 is 0 Å². The van der Waals surface area contributed by atoms with Crippen molar-refractivity contribution < 1.29 is 19.4 Å². The maximum absolute atomic E-state index is 12.7. The fourth-order valence-corrected chi connectivity index (χ4v) is 3.15. The Bertz CT molecular complexity index is 1340. The average molecular weight is 407 g/mol. The number of aromatic nitrogens is 4. The molecule has 0 saturated carbocycles. The Morgan fingerprint density at radius 2 is 1.83 bits per heavy atom. The van der Waals surface area contributed by atoms with E-state index in [4.69, 9.17) is 15.2 Å². The monoisotopic (exact) mass is 407 g/mol. The number of carbonyl (C=O) groups excluding carboxylic acids is 1. The van der Waals surface area contributed by atoms with Crippen LogP contribution in [0.2, 0.25) is 0 Å². The normalized spacial score (nSPS) is 10.9. The third-order valence-corrected chi connectivity index (χ3v) is 4.54. The van der Waals surface area contributed by atoms with E-state index < -0.39 is 11.6 Å². The Morgan fingerprint density at radius 3 is 2.50 bits per heavy atom. The number of amides is 1. The lowest BCUT2D eigenvalue weighted by Crippen LogP contribution is -2.15. The molecule has 2 aromatic carbocycles. The fourth-order valence-electron chi connectivity index (χ4n) is 3.15. The second-order valence-electron chi connectivity index (χ2n) is 6.28. The average Bonchev–Trinajstić information content (AvgIpc) is 3.08. The van der Waals surface area contributed by atoms with Gasteiger partial charge in [0.05, 0.1) is 25.5 Å². The molecule has 0 saturated heterocycles. The number of primary amides is 1. The lowest BCUT2D eigenvalue weighted by Gasteiger charge is -2.11. The first-order valence-electron chi connectivity index (χ1n) is 8.78. The van der Waals surface area contributed by atoms with Crippen molar-refractivity contribution in [2.24, 2.45) is 5.73 Å². The standard InChI is InChI=1S/C20H17N5O5/c1-29-13-8-7-10(9-14(13)30-2)25-19-16(23-20(25)28)15(17(21)27)22-18(24-19)11-5-3-4-6-12(11)26/h3-9,26H,1-2H3,(H2,21,27)(H,23,28). The highest BCUT2D eigenvalue weighted by Gasteiger charge is 2.21. The molecule has 1 amide bonds. The van der Waals surface area contributed by atoms with E-state index in [1.165, 1.54) is 24.9 Å². The van der Waals surface area contributed by atoms with Gasteiger partial charge in [0.15, 0.2) is 28.7 Å². The highest BCUT2D eigenvalue weighted by Crippen LogP contribution is 2.31. The number of aromatic amines is 1. The van der Waals surface area contributed by atoms with Gasteiger partial charge in [-0.15, -0.1) is 0 Å². The van der Waals surface area contributed by atoms with E-state index in [1.54, 1.807) is 36.4 Å². The quantitative estimate of drug-likeness (QED) is 0.455. The molecule has 0 aliphatic heterocycles. The lowest BCUT2D eigenvalue weighted by atomic mass is 10.2. The summed E-state index contributed by atoms with van der Waals surface area (Å²) in [6, 6.07) is 11.3. The number of imidazole rings is 1. The molecule has 0 fully saturated rings. The number of nitrogens with one attached hydrogen (secondary N) is 1. The van der Waals surface area contributed by atoms with Gasteiger partial charge in [-0.3, -0.25) is 4.79 Å². The summed E-state index contributed by atoms with van der Waals surface area (Å²) in [5.74, 6) is 0.00285. The molecular weight excluding hydrogens is 390 g/mol. The van der Waals surface area contributed by atoms with E-state index in [0.717, 1.165) is 0 Å². The number of phenolic OH excluding ortho intramolecular Hbond substituents is 1. The summed E-state index contributed by atoms with van der Waals surface area (Å²) in [5.41, 5.74) is 5.67. The van der Waals surface area contributed by atoms with E-state index in [9.17, 15) is 14.7 Å². The van der Waals surface area contributed by atoms with Crippen LogP contribution in [-0.4, -0.2) is 44.8 Å². The molecule has 4 N–H and O–H groups in total. The summed E-state index contributed by atoms with van der Waals surface area (Å²) in [6.07, 6.45) is 0. The molecule has 0 aliphatic carbocycles. The summed E-state index contributed by atoms with van der Waals surface area (Å²) >= 11 is 0. The van der Waals surface area contributed by atoms with Crippen molar-refractivity contribution in [2.45, 2.75) is 0 Å². The summed E-state index contributed by atoms with van der Waals surface area (Å²) in [6.45, 7) is 0. The minimum atomic E-state index is -0.847. The van der Waals surface area contributed by atoms with Gasteiger partial charge in [0.2, 0.25) is 0 Å². The van der Waals surface area contributed by atoms with Gasteiger partial charge in [-0.1, -0.05) is 12.1 Å². The van der Waals surface area contributed by atoms with Crippen LogP contribution in [0, 0.1) is 0 Å². The highest BCUT2D eigenvalue weighted by atomic mass is 16.5. The number of rotatable bonds is 5. The number of hydrogen-bond acceptors (Lipinski definition) is 7. The van der Waals surface area contributed by atoms with Crippen molar-refractivity contribution >= 4 is 17.1 Å². The van der Waals surface area contributed by atoms with Crippen LogP contribution in [0.1, 0.15) is 10.5 Å². The third-order valence-electron chi connectivity index (χ3n) is 4.54. The molecule has 4 rings (SSSR count). The first kappa shape index (κ1) is 19.0. The number of nitrogens with zero attached hydrogens (tertiary/aromatic N) is 3. The van der Waals surface area contributed by atoms with Crippen molar-refractivity contribution in [1.29, 1.82) is 0 Å². The number of carbonyl (C=O) groups is 1. The molecule has 0 aliphatic rings. The number of nitrogens with two attached hydrogens (primary N) is 1. The van der Waals surface area contributed by atoms with Gasteiger partial charge in [0.25, 0.3) is 5.91 Å². The van der Waals surface area contributed by atoms with Crippen molar-refractivity contribution in [2.75, 3.05) is 14.2 Å². The van der Waals surface area contributed by atoms with Crippen molar-refractivity contribution in [3.63, 3.8) is 0 Å². The zero-order valence-electron chi connectivity index (χ0n) is 16.0. The number of aromatic hydroxyl groups is 1. The highest BCUT2D eigenvalue weighted by molar-refractivity contribution is 6.02. The molecule has 0 unspecified atom stereocenters. The minimum absolute atomic E-state index is 0.0441. The number of phenols is 1. The maximum Gasteiger partial charge on any atom is 0.332 e. The van der Waals surface area contributed by atoms with Crippen LogP contribution in [0.5, 0.6) is 17.2 Å². The number of benzene rings is 2. The number of methoxy groups -OCH3 is 2. The second-order valence-corrected chi connectivity index (χ2v) is 6.28. The van der Waals surface area contributed by atoms with Gasteiger partial charge < -0.3 is 25.3 Å². The molecule has 30 heavy (non-hydrogen) atoms. The topological polar surface area (TPSA) is 145 Å². The minimum Gasteiger partial charge on any atom is -0.507 e. The summed E-state index contributed by atoms with van der Waals surface area (Å²) in [4.78, 5) is 35.9. The molecule has 10 nitrogen and oxygen atoms in total. The van der Waals surface area contributed by atoms with Crippen LogP contribution in [0.15, 0.2) is 47.3 Å². The van der Waals surface area contributed by atoms with E-state index in [-0.39, 0.29) is 34.0 Å². The molecule has 0 bridgehead atoms. The maximum atomic E-state index is 12.7. The predicted molar refractivity (Wildman–Crippen MR) is 108 cm³/mol. The van der Waals surface area contributed by atoms with Crippen LogP contribution in [0.3, 0.4) is 0 Å². The number of hydrogen-bond donors (Lipinski definition) is 3. The smallest absolute Gasteiger partial charge is 0.332 e. The summed E-state index contributed by atoms with van der Waals surface area (Å²) in [5, 5.41) is 10.2. The molecule has 2 aromatic heterocycles. The largest absolute Gasteiger partial charge is 0.507 e. The number of H-pyrrole nitrogens is 1. The van der Waals surface area contributed by atoms with Gasteiger partial charge in [-0.2, -0.15) is 0 Å². The number of para-hydroxylation sites is 1. The van der Waals surface area contributed by atoms with Crippen molar-refractivity contribution in [3.05, 3.63) is 58.6 Å². The van der Waals surface area contributed by atoms with Gasteiger partial charge >= 0.3 is 5.69 Å². The molecule has 0 atom stereocenters. The SMILES string of the molecule is COc1ccc(-n2c(=O)[nH]c3c(C(N)=O)nc(-c4ccccc4O)nc32)cc1OC. The third kappa shape index (κ3) is 3.00. The Morgan fingerprint density at radius 1 is 1.10 bits per heavy atom. The van der Waals surface area contributed by atoms with Gasteiger partial charge in [0, 0.05) is 6.07 Å². The van der Waals surface area contributed by atoms with Gasteiger partial charge in [-0.05, 0) is 24.3 Å². The second kappa shape index (κ2) is 7.24. The van der Waals surface area contributed by atoms with E-state index in [1.807, 2.05) is 0 Å². The molecule has 152 valence electrons. The molecule has 0 radical (unpaired) electrons. The molecule has 10 heteroatoms. The predicted octanol–water partition coefficient (Wildman–Crippen LogP) is 1.60. The molecular formula is C20H17N5O5. The summed E-state index contributed by atoms with van der Waals surface area (Å²) in [7, 11) is 2.98. The Hall–Kier alpha value is -4.34. The number of ether oxygens (including phenoxy) is 2. The molecule has 0 spiro atoms. The van der Waals surface area contributed by atoms with Crippen LogP contribution in [0.25, 0.3) is 28.2 Å². The van der Waals surface area contributed by atoms with Crippen LogP contribution in [-0.2, 0) is 0 Å². The fraction of sp³-hybridized carbons (Fsp3) is 0.100. The van der Waals surface area contributed by atoms with Gasteiger partial charge in [0.1, 0.15) is 11.3 Å². The zero-order valence-corrected chi connectivity index (χ0v) is 16.0. The van der Waals surface area contributed by atoms with Crippen LogP contribution < -0.4 is 20.9 Å². The molecule has 2 heterocycles. The molecule has 4 aromatic rings. The van der Waals surface area contributed by atoms with Crippen LogP contribution in [0.4, 0.5) is 0 Å². The van der Waals surface area contributed by atoms with Crippen molar-refractivity contribution in [1.82, 2.24) is 19.5 Å². The lowest BCUT2D eigenvalue weighted by molar-refractivity contribution is 0.0997. The first-order chi connectivity index (χ1) is 14.4. The van der Waals surface area contributed by atoms with Gasteiger partial charge in [-0.25, -0.2) is 19.3 Å². The first-order valence-corrected chi connectivity index (χ1v) is 8.78. The van der Waals surface area contributed by atoms with E-state index in [2.05, 4.69) is 15.0 Å². The Labute approximate surface area is 169 Å². The summed E-state index contributed by atoms with van der Waals surface area (Å²) < 4.78 is 11.8.